The van der Waals surface area contributed by atoms with Gasteiger partial charge in [0.1, 0.15) is 0 Å². The van der Waals surface area contributed by atoms with Gasteiger partial charge in [-0.15, -0.1) is 11.3 Å². The molecule has 10 aromatic rings. The molecule has 0 saturated heterocycles. The number of benzene rings is 8. The maximum atomic E-state index is 5.56. The summed E-state index contributed by atoms with van der Waals surface area (Å²) in [5, 5.41) is 2.54. The van der Waals surface area contributed by atoms with Crippen molar-refractivity contribution in [3.63, 3.8) is 0 Å². The summed E-state index contributed by atoms with van der Waals surface area (Å²) in [5.74, 6) is 0.729. The molecule has 0 saturated carbocycles. The fraction of sp³-hybridized carbons (Fsp3) is 0.0714. The van der Waals surface area contributed by atoms with Gasteiger partial charge in [-0.05, 0) is 85.0 Å². The second-order valence-corrected chi connectivity index (χ2v) is 17.8. The van der Waals surface area contributed by atoms with E-state index in [4.69, 9.17) is 9.97 Å². The zero-order chi connectivity index (χ0) is 39.0. The Balaban J connectivity index is 1.07. The zero-order valence-electron chi connectivity index (χ0n) is 32.6. The van der Waals surface area contributed by atoms with E-state index in [1.54, 1.807) is 0 Å². The number of rotatable bonds is 3. The van der Waals surface area contributed by atoms with Gasteiger partial charge in [0, 0.05) is 42.3 Å². The molecule has 0 radical (unpaired) electrons. The van der Waals surface area contributed by atoms with Crippen LogP contribution < -0.4 is 0 Å². The lowest BCUT2D eigenvalue weighted by atomic mass is 9.70. The monoisotopic (exact) mass is 768 g/mol. The number of hydrogen-bond donors (Lipinski definition) is 0. The molecule has 0 N–H and O–H groups in total. The summed E-state index contributed by atoms with van der Waals surface area (Å²) in [6, 6.07) is 67.3. The molecule has 1 spiro atoms. The predicted octanol–water partition coefficient (Wildman–Crippen LogP) is 14.5. The fourth-order valence-electron chi connectivity index (χ4n) is 11.0. The molecule has 59 heavy (non-hydrogen) atoms. The largest absolute Gasteiger partial charge is 0.228 e. The number of thiophene rings is 1. The van der Waals surface area contributed by atoms with E-state index in [9.17, 15) is 0 Å². The Bertz CT molecular complexity index is 3390. The Morgan fingerprint density at radius 2 is 0.898 bits per heavy atom. The van der Waals surface area contributed by atoms with Gasteiger partial charge in [0.05, 0.1) is 16.8 Å². The van der Waals surface area contributed by atoms with Crippen LogP contribution in [-0.4, -0.2) is 9.97 Å². The third-order valence-electron chi connectivity index (χ3n) is 13.5. The Morgan fingerprint density at radius 1 is 0.390 bits per heavy atom. The summed E-state index contributed by atoms with van der Waals surface area (Å²) >= 11 is 1.84. The van der Waals surface area contributed by atoms with Crippen molar-refractivity contribution < 1.29 is 0 Å². The summed E-state index contributed by atoms with van der Waals surface area (Å²) in [7, 11) is 0. The molecule has 276 valence electrons. The van der Waals surface area contributed by atoms with Crippen LogP contribution in [0.3, 0.4) is 0 Å². The van der Waals surface area contributed by atoms with Gasteiger partial charge >= 0.3 is 0 Å². The Hall–Kier alpha value is -6.94. The molecule has 0 fully saturated rings. The minimum atomic E-state index is -0.396. The first kappa shape index (κ1) is 33.1. The highest BCUT2D eigenvalue weighted by atomic mass is 32.1. The number of hydrogen-bond acceptors (Lipinski definition) is 3. The van der Waals surface area contributed by atoms with E-state index in [0.29, 0.717) is 0 Å². The quantitative estimate of drug-likeness (QED) is 0.179. The standard InChI is InChI=1S/C56H36N2S/c1-55(2)43-23-8-6-19-39(43)52-40(21-14-27-48(52)55)49-32-50(41-22-13-20-38-37-18-7-12-28-51(37)59-53(38)41)58-54(57-49)33-29-30-47-42(31-33)36-17-5-11-26-46(36)56(47)44-24-9-3-15-34(44)35-16-4-10-25-45(35)56/h3-32H,1-2H3. The zero-order valence-corrected chi connectivity index (χ0v) is 33.4. The van der Waals surface area contributed by atoms with Crippen LogP contribution in [0.2, 0.25) is 0 Å². The summed E-state index contributed by atoms with van der Waals surface area (Å²) in [6.07, 6.45) is 0. The first-order chi connectivity index (χ1) is 29.0. The third kappa shape index (κ3) is 4.30. The minimum absolute atomic E-state index is 0.121. The molecule has 3 aliphatic carbocycles. The van der Waals surface area contributed by atoms with E-state index in [2.05, 4.69) is 196 Å². The van der Waals surface area contributed by atoms with Crippen molar-refractivity contribution >= 4 is 31.5 Å². The van der Waals surface area contributed by atoms with Crippen LogP contribution >= 0.6 is 11.3 Å². The highest BCUT2D eigenvalue weighted by Crippen LogP contribution is 2.63. The first-order valence-electron chi connectivity index (χ1n) is 20.5. The van der Waals surface area contributed by atoms with E-state index in [-0.39, 0.29) is 5.41 Å². The van der Waals surface area contributed by atoms with Crippen molar-refractivity contribution in [3.05, 3.63) is 215 Å². The second kappa shape index (κ2) is 11.8. The van der Waals surface area contributed by atoms with E-state index in [1.807, 2.05) is 11.3 Å². The van der Waals surface area contributed by atoms with Gasteiger partial charge in [-0.1, -0.05) is 178 Å². The molecule has 13 rings (SSSR count). The van der Waals surface area contributed by atoms with Crippen LogP contribution in [0, 0.1) is 0 Å². The molecule has 0 atom stereocenters. The van der Waals surface area contributed by atoms with Gasteiger partial charge in [0.2, 0.25) is 0 Å². The molecule has 0 bridgehead atoms. The topological polar surface area (TPSA) is 25.8 Å². The second-order valence-electron chi connectivity index (χ2n) is 16.8. The average Bonchev–Trinajstić information content (AvgIpc) is 3.98. The van der Waals surface area contributed by atoms with E-state index < -0.39 is 5.41 Å². The molecule has 0 amide bonds. The summed E-state index contributed by atoms with van der Waals surface area (Å²) in [4.78, 5) is 11.1. The lowest BCUT2D eigenvalue weighted by Crippen LogP contribution is -2.25. The maximum absolute atomic E-state index is 5.56. The van der Waals surface area contributed by atoms with Gasteiger partial charge < -0.3 is 0 Å². The van der Waals surface area contributed by atoms with E-state index >= 15 is 0 Å². The Morgan fingerprint density at radius 3 is 1.63 bits per heavy atom. The molecule has 2 nitrogen and oxygen atoms in total. The van der Waals surface area contributed by atoms with Crippen LogP contribution in [0.1, 0.15) is 47.2 Å². The highest BCUT2D eigenvalue weighted by Gasteiger charge is 2.51. The van der Waals surface area contributed by atoms with Gasteiger partial charge in [-0.2, -0.15) is 0 Å². The lowest BCUT2D eigenvalue weighted by Gasteiger charge is -2.30. The van der Waals surface area contributed by atoms with Crippen LogP contribution in [-0.2, 0) is 10.8 Å². The van der Waals surface area contributed by atoms with Crippen LogP contribution in [0.25, 0.3) is 87.5 Å². The smallest absolute Gasteiger partial charge is 0.160 e. The Labute approximate surface area is 347 Å². The predicted molar refractivity (Wildman–Crippen MR) is 245 cm³/mol. The number of aromatic nitrogens is 2. The normalized spacial score (nSPS) is 14.5. The molecule has 3 aliphatic rings. The van der Waals surface area contributed by atoms with Crippen molar-refractivity contribution in [1.82, 2.24) is 9.97 Å². The highest BCUT2D eigenvalue weighted by molar-refractivity contribution is 7.26. The first-order valence-corrected chi connectivity index (χ1v) is 21.3. The van der Waals surface area contributed by atoms with Crippen LogP contribution in [0.4, 0.5) is 0 Å². The lowest BCUT2D eigenvalue weighted by molar-refractivity contribution is 0.660. The fourth-order valence-corrected chi connectivity index (χ4v) is 12.2. The molecular weight excluding hydrogens is 733 g/mol. The van der Waals surface area contributed by atoms with Gasteiger partial charge in [0.15, 0.2) is 5.82 Å². The van der Waals surface area contributed by atoms with Crippen molar-refractivity contribution in [1.29, 1.82) is 0 Å². The van der Waals surface area contributed by atoms with E-state index in [0.717, 1.165) is 33.9 Å². The molecule has 2 aromatic heterocycles. The Kier molecular flexibility index (Phi) is 6.62. The molecule has 0 aliphatic heterocycles. The summed E-state index contributed by atoms with van der Waals surface area (Å²) in [5.41, 5.74) is 20.3. The maximum Gasteiger partial charge on any atom is 0.160 e. The summed E-state index contributed by atoms with van der Waals surface area (Å²) < 4.78 is 2.53. The van der Waals surface area contributed by atoms with Crippen molar-refractivity contribution in [3.8, 4) is 67.3 Å². The molecule has 3 heteroatoms. The summed E-state index contributed by atoms with van der Waals surface area (Å²) in [6.45, 7) is 4.69. The van der Waals surface area contributed by atoms with E-state index in [1.165, 1.54) is 86.9 Å². The van der Waals surface area contributed by atoms with Crippen molar-refractivity contribution in [2.75, 3.05) is 0 Å². The SMILES string of the molecule is CC1(C)c2ccccc2-c2c(-c3cc(-c4cccc5c4sc4ccccc45)nc(-c4ccc5c(c4)-c4ccccc4C54c5ccccc5-c5ccccc54)n3)cccc21. The number of fused-ring (bicyclic) bond motifs is 16. The average molecular weight is 769 g/mol. The molecule has 0 unspecified atom stereocenters. The molecule has 2 heterocycles. The minimum Gasteiger partial charge on any atom is -0.228 e. The third-order valence-corrected chi connectivity index (χ3v) is 14.8. The molecule has 8 aromatic carbocycles. The van der Waals surface area contributed by atoms with Crippen LogP contribution in [0.5, 0.6) is 0 Å². The molecular formula is C56H36N2S. The van der Waals surface area contributed by atoms with Gasteiger partial charge in [-0.3, -0.25) is 0 Å². The van der Waals surface area contributed by atoms with Gasteiger partial charge in [-0.25, -0.2) is 9.97 Å². The van der Waals surface area contributed by atoms with Crippen molar-refractivity contribution in [2.24, 2.45) is 0 Å². The van der Waals surface area contributed by atoms with Crippen LogP contribution in [0.15, 0.2) is 182 Å². The van der Waals surface area contributed by atoms with Crippen molar-refractivity contribution in [2.45, 2.75) is 24.7 Å². The van der Waals surface area contributed by atoms with Gasteiger partial charge in [0.25, 0.3) is 0 Å². The number of nitrogens with zero attached hydrogens (tertiary/aromatic N) is 2.